The highest BCUT2D eigenvalue weighted by Gasteiger charge is 2.15. The van der Waals surface area contributed by atoms with Gasteiger partial charge in [-0.2, -0.15) is 5.10 Å². The summed E-state index contributed by atoms with van der Waals surface area (Å²) in [7, 11) is 0. The van der Waals surface area contributed by atoms with Gasteiger partial charge in [-0.3, -0.25) is 4.40 Å². The molecule has 7 nitrogen and oxygen atoms in total. The van der Waals surface area contributed by atoms with Crippen LogP contribution in [-0.4, -0.2) is 34.3 Å². The van der Waals surface area contributed by atoms with Gasteiger partial charge in [0.25, 0.3) is 0 Å². The molecule has 2 aromatic carbocycles. The number of thioether (sulfide) groups is 1. The molecule has 0 unspecified atom stereocenters. The molecule has 0 radical (unpaired) electrons. The minimum absolute atomic E-state index is 0.668. The number of hydrogen-bond acceptors (Lipinski definition) is 7. The van der Waals surface area contributed by atoms with Crippen LogP contribution in [0.5, 0.6) is 0 Å². The predicted molar refractivity (Wildman–Crippen MR) is 115 cm³/mol. The van der Waals surface area contributed by atoms with E-state index < -0.39 is 0 Å². The van der Waals surface area contributed by atoms with Crippen molar-refractivity contribution < 1.29 is 0 Å². The molecule has 0 aliphatic carbocycles. The maximum absolute atomic E-state index is 4.67. The number of para-hydroxylation sites is 2. The molecule has 0 spiro atoms. The number of thiazole rings is 1. The van der Waals surface area contributed by atoms with Crippen LogP contribution < -0.4 is 0 Å². The zero-order valence-electron chi connectivity index (χ0n) is 15.0. The highest BCUT2D eigenvalue weighted by atomic mass is 32.2. The molecule has 0 atom stereocenters. The molecular weight excluding hydrogens is 402 g/mol. The second-order valence-corrected chi connectivity index (χ2v) is 8.67. The van der Waals surface area contributed by atoms with Crippen LogP contribution in [0.2, 0.25) is 0 Å². The van der Waals surface area contributed by atoms with Crippen molar-refractivity contribution >= 4 is 50.0 Å². The maximum Gasteiger partial charge on any atom is 0.174 e. The molecular formula is C20H13N7S2. The molecule has 0 saturated heterocycles. The topological polar surface area (TPSA) is 73.8 Å². The van der Waals surface area contributed by atoms with Crippen molar-refractivity contribution in [1.29, 1.82) is 0 Å². The molecule has 0 fully saturated rings. The van der Waals surface area contributed by atoms with Gasteiger partial charge in [0.2, 0.25) is 0 Å². The number of nitrogens with zero attached hydrogens (tertiary/aromatic N) is 7. The molecule has 4 heterocycles. The van der Waals surface area contributed by atoms with Gasteiger partial charge in [-0.1, -0.05) is 42.1 Å². The van der Waals surface area contributed by atoms with Crippen LogP contribution in [0.4, 0.5) is 0 Å². The molecule has 9 heteroatoms. The van der Waals surface area contributed by atoms with E-state index in [4.69, 9.17) is 0 Å². The molecule has 0 saturated carbocycles. The summed E-state index contributed by atoms with van der Waals surface area (Å²) in [6, 6.07) is 18.1. The Balaban J connectivity index is 1.35. The Bertz CT molecular complexity index is 1430. The minimum Gasteiger partial charge on any atom is -0.268 e. The van der Waals surface area contributed by atoms with E-state index in [1.165, 1.54) is 4.70 Å². The smallest absolute Gasteiger partial charge is 0.174 e. The van der Waals surface area contributed by atoms with Crippen molar-refractivity contribution in [3.8, 4) is 5.69 Å². The summed E-state index contributed by atoms with van der Waals surface area (Å²) in [5, 5.41) is 14.2. The fraction of sp³-hybridized carbons (Fsp3) is 0.0500. The Kier molecular flexibility index (Phi) is 3.81. The van der Waals surface area contributed by atoms with Crippen molar-refractivity contribution in [2.24, 2.45) is 0 Å². The van der Waals surface area contributed by atoms with E-state index in [-0.39, 0.29) is 0 Å². The third-order valence-electron chi connectivity index (χ3n) is 4.65. The Morgan fingerprint density at radius 3 is 2.69 bits per heavy atom. The Labute approximate surface area is 173 Å². The monoisotopic (exact) mass is 415 g/mol. The average molecular weight is 416 g/mol. The zero-order valence-corrected chi connectivity index (χ0v) is 16.6. The lowest BCUT2D eigenvalue weighted by atomic mass is 10.3. The van der Waals surface area contributed by atoms with Crippen LogP contribution in [0.1, 0.15) is 5.82 Å². The Hall–Kier alpha value is -3.30. The summed E-state index contributed by atoms with van der Waals surface area (Å²) in [5.41, 5.74) is 3.52. The fourth-order valence-corrected chi connectivity index (χ4v) is 5.25. The van der Waals surface area contributed by atoms with Gasteiger partial charge in [0, 0.05) is 0 Å². The van der Waals surface area contributed by atoms with Crippen molar-refractivity contribution in [2.45, 2.75) is 10.1 Å². The summed E-state index contributed by atoms with van der Waals surface area (Å²) in [5.74, 6) is 1.51. The van der Waals surface area contributed by atoms with Crippen LogP contribution in [-0.2, 0) is 5.75 Å². The van der Waals surface area contributed by atoms with Crippen molar-refractivity contribution in [3.05, 3.63) is 72.9 Å². The molecule has 0 N–H and O–H groups in total. The molecule has 0 aliphatic rings. The van der Waals surface area contributed by atoms with E-state index in [1.807, 2.05) is 57.6 Å². The van der Waals surface area contributed by atoms with Gasteiger partial charge < -0.3 is 0 Å². The van der Waals surface area contributed by atoms with Gasteiger partial charge in [-0.25, -0.2) is 14.6 Å². The molecule has 0 bridgehead atoms. The van der Waals surface area contributed by atoms with Gasteiger partial charge in [0.15, 0.2) is 15.6 Å². The lowest BCUT2D eigenvalue weighted by molar-refractivity contribution is 0.890. The molecule has 140 valence electrons. The second kappa shape index (κ2) is 6.64. The first-order valence-electron chi connectivity index (χ1n) is 8.97. The normalized spacial score (nSPS) is 11.7. The summed E-state index contributed by atoms with van der Waals surface area (Å²) < 4.78 is 5.96. The number of rotatable bonds is 4. The van der Waals surface area contributed by atoms with Crippen LogP contribution in [0.3, 0.4) is 0 Å². The molecule has 29 heavy (non-hydrogen) atoms. The van der Waals surface area contributed by atoms with Crippen molar-refractivity contribution in [3.63, 3.8) is 0 Å². The fourth-order valence-electron chi connectivity index (χ4n) is 3.26. The van der Waals surface area contributed by atoms with Crippen LogP contribution in [0, 0.1) is 0 Å². The van der Waals surface area contributed by atoms with E-state index >= 15 is 0 Å². The molecule has 0 amide bonds. The summed E-state index contributed by atoms with van der Waals surface area (Å²) in [4.78, 5) is 9.30. The summed E-state index contributed by atoms with van der Waals surface area (Å²) in [6.45, 7) is 0. The number of aromatic nitrogens is 7. The van der Waals surface area contributed by atoms with Crippen LogP contribution in [0.15, 0.2) is 71.5 Å². The van der Waals surface area contributed by atoms with Gasteiger partial charge in [0.1, 0.15) is 12.2 Å². The van der Waals surface area contributed by atoms with Crippen molar-refractivity contribution in [1.82, 2.24) is 34.3 Å². The van der Waals surface area contributed by atoms with Crippen molar-refractivity contribution in [2.75, 3.05) is 0 Å². The SMILES string of the molecule is c1ccc(-n2ncc3c2ncn2c(CSc4nc5ccccc5s4)nnc32)cc1. The lowest BCUT2D eigenvalue weighted by Crippen LogP contribution is -1.99. The third kappa shape index (κ3) is 2.78. The first-order chi connectivity index (χ1) is 14.4. The molecule has 0 aliphatic heterocycles. The number of hydrogen-bond donors (Lipinski definition) is 0. The maximum atomic E-state index is 4.67. The summed E-state index contributed by atoms with van der Waals surface area (Å²) >= 11 is 3.36. The van der Waals surface area contributed by atoms with Crippen LogP contribution >= 0.6 is 23.1 Å². The third-order valence-corrected chi connectivity index (χ3v) is 6.82. The van der Waals surface area contributed by atoms with E-state index in [0.29, 0.717) is 5.75 Å². The summed E-state index contributed by atoms with van der Waals surface area (Å²) in [6.07, 6.45) is 3.57. The standard InChI is InChI=1S/C20H13N7S2/c1-2-6-13(7-3-1)27-18-14(10-22-27)19-25-24-17(26(19)12-21-18)11-28-20-23-15-8-4-5-9-16(15)29-20/h1-10,12H,11H2. The van der Waals surface area contributed by atoms with E-state index in [2.05, 4.69) is 31.3 Å². The molecule has 4 aromatic heterocycles. The number of benzene rings is 2. The zero-order chi connectivity index (χ0) is 19.2. The first kappa shape index (κ1) is 16.6. The highest BCUT2D eigenvalue weighted by molar-refractivity contribution is 8.00. The lowest BCUT2D eigenvalue weighted by Gasteiger charge is -2.03. The van der Waals surface area contributed by atoms with Gasteiger partial charge in [-0.05, 0) is 24.3 Å². The van der Waals surface area contributed by atoms with E-state index in [0.717, 1.165) is 38.0 Å². The Morgan fingerprint density at radius 2 is 1.79 bits per heavy atom. The van der Waals surface area contributed by atoms with Gasteiger partial charge in [0.05, 0.1) is 33.2 Å². The Morgan fingerprint density at radius 1 is 0.931 bits per heavy atom. The molecule has 6 rings (SSSR count). The number of fused-ring (bicyclic) bond motifs is 4. The first-order valence-corrected chi connectivity index (χ1v) is 10.8. The van der Waals surface area contributed by atoms with E-state index in [9.17, 15) is 0 Å². The second-order valence-electron chi connectivity index (χ2n) is 6.42. The predicted octanol–water partition coefficient (Wildman–Crippen LogP) is 4.37. The molecule has 6 aromatic rings. The largest absolute Gasteiger partial charge is 0.268 e. The van der Waals surface area contributed by atoms with Crippen LogP contribution in [0.25, 0.3) is 32.6 Å². The van der Waals surface area contributed by atoms with E-state index in [1.54, 1.807) is 35.6 Å². The van der Waals surface area contributed by atoms with Gasteiger partial charge in [-0.15, -0.1) is 21.5 Å². The minimum atomic E-state index is 0.668. The average Bonchev–Trinajstić information content (AvgIpc) is 3.48. The van der Waals surface area contributed by atoms with Gasteiger partial charge >= 0.3 is 0 Å². The quantitative estimate of drug-likeness (QED) is 0.398. The highest BCUT2D eigenvalue weighted by Crippen LogP contribution is 2.31.